The molecule has 92 valence electrons. The van der Waals surface area contributed by atoms with Crippen LogP contribution in [0.1, 0.15) is 30.9 Å². The molecule has 1 atom stereocenters. The Hall–Kier alpha value is -1.42. The second kappa shape index (κ2) is 5.27. The van der Waals surface area contributed by atoms with Crippen LogP contribution in [-0.2, 0) is 4.79 Å². The van der Waals surface area contributed by atoms with Crippen LogP contribution in [0.4, 0.5) is 4.39 Å². The van der Waals surface area contributed by atoms with Gasteiger partial charge in [-0.2, -0.15) is 0 Å². The minimum atomic E-state index is -0.446. The van der Waals surface area contributed by atoms with Crippen molar-refractivity contribution < 1.29 is 9.18 Å². The van der Waals surface area contributed by atoms with E-state index in [1.807, 2.05) is 0 Å². The molecule has 4 heteroatoms. The molecule has 0 bridgehead atoms. The number of likely N-dealkylation sites (tertiary alicyclic amines) is 1. The van der Waals surface area contributed by atoms with Crippen molar-refractivity contribution in [3.05, 3.63) is 35.6 Å². The zero-order valence-electron chi connectivity index (χ0n) is 9.73. The van der Waals surface area contributed by atoms with Crippen molar-refractivity contribution in [3.8, 4) is 0 Å². The lowest BCUT2D eigenvalue weighted by Gasteiger charge is -2.29. The maximum Gasteiger partial charge on any atom is 0.222 e. The molecule has 0 radical (unpaired) electrons. The third-order valence-electron chi connectivity index (χ3n) is 3.14. The van der Waals surface area contributed by atoms with Crippen molar-refractivity contribution in [1.82, 2.24) is 4.90 Å². The molecule has 3 nitrogen and oxygen atoms in total. The summed E-state index contributed by atoms with van der Waals surface area (Å²) in [6.07, 6.45) is 2.55. The van der Waals surface area contributed by atoms with E-state index in [1.54, 1.807) is 23.1 Å². The summed E-state index contributed by atoms with van der Waals surface area (Å²) in [4.78, 5) is 13.4. The summed E-state index contributed by atoms with van der Waals surface area (Å²) in [5, 5.41) is 0. The van der Waals surface area contributed by atoms with Crippen molar-refractivity contribution in [2.75, 3.05) is 13.1 Å². The largest absolute Gasteiger partial charge is 0.341 e. The average molecular weight is 236 g/mol. The molecule has 1 unspecified atom stereocenters. The van der Waals surface area contributed by atoms with Crippen LogP contribution in [0.5, 0.6) is 0 Å². The van der Waals surface area contributed by atoms with Crippen LogP contribution in [0.25, 0.3) is 0 Å². The summed E-state index contributed by atoms with van der Waals surface area (Å²) in [7, 11) is 0. The van der Waals surface area contributed by atoms with Gasteiger partial charge in [0.15, 0.2) is 0 Å². The van der Waals surface area contributed by atoms with Crippen LogP contribution in [0.15, 0.2) is 24.3 Å². The van der Waals surface area contributed by atoms with Crippen LogP contribution < -0.4 is 5.73 Å². The second-order valence-corrected chi connectivity index (χ2v) is 4.42. The van der Waals surface area contributed by atoms with Crippen molar-refractivity contribution in [2.24, 2.45) is 5.73 Å². The first kappa shape index (κ1) is 12.0. The molecule has 1 fully saturated rings. The molecular formula is C13H17FN2O. The Kier molecular flexibility index (Phi) is 3.74. The summed E-state index contributed by atoms with van der Waals surface area (Å²) in [5.41, 5.74) is 6.43. The fraction of sp³-hybridized carbons (Fsp3) is 0.462. The van der Waals surface area contributed by atoms with Crippen molar-refractivity contribution in [3.63, 3.8) is 0 Å². The number of carbonyl (C=O) groups excluding carboxylic acids is 1. The highest BCUT2D eigenvalue weighted by Crippen LogP contribution is 2.18. The fourth-order valence-electron chi connectivity index (χ4n) is 2.17. The van der Waals surface area contributed by atoms with E-state index in [0.29, 0.717) is 18.5 Å². The second-order valence-electron chi connectivity index (χ2n) is 4.42. The summed E-state index contributed by atoms with van der Waals surface area (Å²) in [6, 6.07) is 6.02. The first-order valence-corrected chi connectivity index (χ1v) is 5.96. The van der Waals surface area contributed by atoms with Crippen LogP contribution in [-0.4, -0.2) is 23.9 Å². The molecule has 0 aromatic heterocycles. The van der Waals surface area contributed by atoms with Gasteiger partial charge in [0.05, 0.1) is 6.04 Å². The van der Waals surface area contributed by atoms with Gasteiger partial charge in [-0.25, -0.2) is 4.39 Å². The standard InChI is InChI=1S/C13H17FN2O/c14-11-6-2-1-5-10(11)12(15)9-16-8-4-3-7-13(16)17/h1-2,5-6,12H,3-4,7-9,15H2. The number of nitrogens with two attached hydrogens (primary N) is 1. The van der Waals surface area contributed by atoms with Gasteiger partial charge in [0.1, 0.15) is 5.82 Å². The maximum atomic E-state index is 13.5. The maximum absolute atomic E-state index is 13.5. The first-order chi connectivity index (χ1) is 8.18. The molecule has 1 aromatic rings. The fourth-order valence-corrected chi connectivity index (χ4v) is 2.17. The molecule has 0 saturated carbocycles. The molecule has 2 rings (SSSR count). The number of hydrogen-bond acceptors (Lipinski definition) is 2. The third-order valence-corrected chi connectivity index (χ3v) is 3.14. The Bertz CT molecular complexity index is 408. The van der Waals surface area contributed by atoms with E-state index in [-0.39, 0.29) is 11.7 Å². The van der Waals surface area contributed by atoms with Gasteiger partial charge in [-0.05, 0) is 18.9 Å². The highest BCUT2D eigenvalue weighted by molar-refractivity contribution is 5.76. The first-order valence-electron chi connectivity index (χ1n) is 5.96. The predicted molar refractivity (Wildman–Crippen MR) is 63.8 cm³/mol. The molecule has 1 aliphatic heterocycles. The third kappa shape index (κ3) is 2.82. The number of halogens is 1. The quantitative estimate of drug-likeness (QED) is 0.870. The van der Waals surface area contributed by atoms with Gasteiger partial charge in [-0.1, -0.05) is 18.2 Å². The normalized spacial score (nSPS) is 18.2. The Morgan fingerprint density at radius 2 is 2.12 bits per heavy atom. The number of benzene rings is 1. The summed E-state index contributed by atoms with van der Waals surface area (Å²) in [5.74, 6) is -0.174. The van der Waals surface area contributed by atoms with Gasteiger partial charge in [0.2, 0.25) is 5.91 Å². The number of rotatable bonds is 3. The van der Waals surface area contributed by atoms with Crippen LogP contribution in [0.2, 0.25) is 0 Å². The van der Waals surface area contributed by atoms with E-state index < -0.39 is 6.04 Å². The lowest BCUT2D eigenvalue weighted by atomic mass is 10.0. The minimum absolute atomic E-state index is 0.128. The molecule has 1 saturated heterocycles. The number of nitrogens with zero attached hydrogens (tertiary/aromatic N) is 1. The molecular weight excluding hydrogens is 219 g/mol. The Balaban J connectivity index is 2.03. The van der Waals surface area contributed by atoms with E-state index in [0.717, 1.165) is 19.4 Å². The minimum Gasteiger partial charge on any atom is -0.341 e. The van der Waals surface area contributed by atoms with Crippen molar-refractivity contribution >= 4 is 5.91 Å². The van der Waals surface area contributed by atoms with Crippen LogP contribution >= 0.6 is 0 Å². The van der Waals surface area contributed by atoms with Crippen molar-refractivity contribution in [2.45, 2.75) is 25.3 Å². The molecule has 17 heavy (non-hydrogen) atoms. The molecule has 1 heterocycles. The van der Waals surface area contributed by atoms with E-state index in [2.05, 4.69) is 0 Å². The SMILES string of the molecule is NC(CN1CCCCC1=O)c1ccccc1F. The molecule has 2 N–H and O–H groups in total. The summed E-state index contributed by atoms with van der Waals surface area (Å²) < 4.78 is 13.5. The average Bonchev–Trinajstić information content (AvgIpc) is 2.32. The van der Waals surface area contributed by atoms with Gasteiger partial charge in [0.25, 0.3) is 0 Å². The zero-order valence-corrected chi connectivity index (χ0v) is 9.73. The monoisotopic (exact) mass is 236 g/mol. The number of hydrogen-bond donors (Lipinski definition) is 1. The van der Waals surface area contributed by atoms with Crippen LogP contribution in [0, 0.1) is 5.82 Å². The lowest BCUT2D eigenvalue weighted by molar-refractivity contribution is -0.133. The Labute approximate surface area is 100 Å². The summed E-state index contributed by atoms with van der Waals surface area (Å²) in [6.45, 7) is 1.14. The van der Waals surface area contributed by atoms with E-state index in [1.165, 1.54) is 6.07 Å². The predicted octanol–water partition coefficient (Wildman–Crippen LogP) is 1.84. The smallest absolute Gasteiger partial charge is 0.222 e. The van der Waals surface area contributed by atoms with Gasteiger partial charge >= 0.3 is 0 Å². The molecule has 1 aromatic carbocycles. The van der Waals surface area contributed by atoms with Gasteiger partial charge in [0, 0.05) is 25.1 Å². The highest BCUT2D eigenvalue weighted by Gasteiger charge is 2.21. The number of carbonyl (C=O) groups is 1. The van der Waals surface area contributed by atoms with Gasteiger partial charge in [-0.3, -0.25) is 4.79 Å². The molecule has 0 aliphatic carbocycles. The van der Waals surface area contributed by atoms with E-state index >= 15 is 0 Å². The topological polar surface area (TPSA) is 46.3 Å². The number of amides is 1. The van der Waals surface area contributed by atoms with E-state index in [9.17, 15) is 9.18 Å². The summed E-state index contributed by atoms with van der Waals surface area (Å²) >= 11 is 0. The molecule has 1 aliphatic rings. The van der Waals surface area contributed by atoms with E-state index in [4.69, 9.17) is 5.73 Å². The highest BCUT2D eigenvalue weighted by atomic mass is 19.1. The zero-order chi connectivity index (χ0) is 12.3. The van der Waals surface area contributed by atoms with Crippen LogP contribution in [0.3, 0.4) is 0 Å². The Morgan fingerprint density at radius 3 is 2.82 bits per heavy atom. The molecule has 0 spiro atoms. The Morgan fingerprint density at radius 1 is 1.35 bits per heavy atom. The van der Waals surface area contributed by atoms with Crippen molar-refractivity contribution in [1.29, 1.82) is 0 Å². The number of piperidine rings is 1. The lowest BCUT2D eigenvalue weighted by Crippen LogP contribution is -2.40. The van der Waals surface area contributed by atoms with Gasteiger partial charge in [-0.15, -0.1) is 0 Å². The van der Waals surface area contributed by atoms with Gasteiger partial charge < -0.3 is 10.6 Å². The molecule has 1 amide bonds.